The van der Waals surface area contributed by atoms with Crippen LogP contribution in [-0.4, -0.2) is 3.90 Å². The van der Waals surface area contributed by atoms with Crippen molar-refractivity contribution in [3.05, 3.63) is 12.2 Å². The second kappa shape index (κ2) is 3.49. The van der Waals surface area contributed by atoms with Crippen molar-refractivity contribution in [3.63, 3.8) is 0 Å². The van der Waals surface area contributed by atoms with Crippen molar-refractivity contribution in [1.82, 2.24) is 0 Å². The minimum atomic E-state index is 1.44. The SMILES string of the molecule is CC=C[C](C)=[W]. The van der Waals surface area contributed by atoms with Crippen molar-refractivity contribution in [2.24, 2.45) is 0 Å². The summed E-state index contributed by atoms with van der Waals surface area (Å²) in [4.78, 5) is 0. The first kappa shape index (κ1) is 6.30. The van der Waals surface area contributed by atoms with Crippen molar-refractivity contribution >= 4 is 3.90 Å². The van der Waals surface area contributed by atoms with E-state index in [-0.39, 0.29) is 0 Å². The van der Waals surface area contributed by atoms with Crippen molar-refractivity contribution in [2.45, 2.75) is 13.8 Å². The van der Waals surface area contributed by atoms with E-state index in [1.165, 1.54) is 3.90 Å². The molecule has 34 valence electrons. The van der Waals surface area contributed by atoms with Crippen molar-refractivity contribution in [1.29, 1.82) is 0 Å². The summed E-state index contributed by atoms with van der Waals surface area (Å²) >= 11 is 1.56. The molecule has 0 aromatic carbocycles. The molecule has 0 heterocycles. The van der Waals surface area contributed by atoms with Crippen LogP contribution in [0.1, 0.15) is 13.8 Å². The van der Waals surface area contributed by atoms with Crippen LogP contribution in [0, 0.1) is 0 Å². The maximum absolute atomic E-state index is 2.12. The third-order valence-corrected chi connectivity index (χ3v) is 0.890. The molecule has 0 atom stereocenters. The molecule has 0 bridgehead atoms. The monoisotopic (exact) mass is 252 g/mol. The summed E-state index contributed by atoms with van der Waals surface area (Å²) in [5.41, 5.74) is 0. The van der Waals surface area contributed by atoms with E-state index in [0.717, 1.165) is 0 Å². The van der Waals surface area contributed by atoms with E-state index in [4.69, 9.17) is 0 Å². The van der Waals surface area contributed by atoms with Gasteiger partial charge in [0, 0.05) is 0 Å². The Morgan fingerprint density at radius 2 is 2.17 bits per heavy atom. The second-order valence-corrected chi connectivity index (χ2v) is 3.42. The van der Waals surface area contributed by atoms with Gasteiger partial charge in [0.2, 0.25) is 0 Å². The zero-order valence-electron chi connectivity index (χ0n) is 4.06. The molecule has 6 heavy (non-hydrogen) atoms. The van der Waals surface area contributed by atoms with Gasteiger partial charge in [-0.1, -0.05) is 0 Å². The second-order valence-electron chi connectivity index (χ2n) is 1.11. The molecule has 0 amide bonds. The Hall–Kier alpha value is 0.298. The third kappa shape index (κ3) is 4.30. The first-order chi connectivity index (χ1) is 2.77. The molecule has 0 saturated carbocycles. The predicted molar refractivity (Wildman–Crippen MR) is 25.5 cm³/mol. The number of rotatable bonds is 1. The molecule has 0 aliphatic rings. The Balaban J connectivity index is 3.30. The Morgan fingerprint density at radius 1 is 1.67 bits per heavy atom. The molecular formula is C5H8W. The van der Waals surface area contributed by atoms with Crippen molar-refractivity contribution < 1.29 is 19.4 Å². The molecule has 1 heteroatoms. The number of hydrogen-bond acceptors (Lipinski definition) is 0. The van der Waals surface area contributed by atoms with Crippen LogP contribution < -0.4 is 0 Å². The number of hydrogen-bond donors (Lipinski definition) is 0. The summed E-state index contributed by atoms with van der Waals surface area (Å²) in [5, 5.41) is 0. The van der Waals surface area contributed by atoms with Crippen molar-refractivity contribution in [2.75, 3.05) is 0 Å². The molecule has 0 fully saturated rings. The van der Waals surface area contributed by atoms with Gasteiger partial charge in [0.15, 0.2) is 0 Å². The predicted octanol–water partition coefficient (Wildman–Crippen LogP) is 1.30. The normalized spacial score (nSPS) is 9.67. The van der Waals surface area contributed by atoms with E-state index in [9.17, 15) is 0 Å². The van der Waals surface area contributed by atoms with Crippen LogP contribution in [0.15, 0.2) is 12.2 Å². The first-order valence-corrected chi connectivity index (χ1v) is 3.37. The molecule has 0 aliphatic heterocycles. The molecule has 0 N–H and O–H groups in total. The molecule has 0 radical (unpaired) electrons. The fourth-order valence-electron chi connectivity index (χ4n) is 0.235. The molecule has 0 saturated heterocycles. The van der Waals surface area contributed by atoms with E-state index < -0.39 is 0 Å². The van der Waals surface area contributed by atoms with E-state index in [1.54, 1.807) is 19.4 Å². The van der Waals surface area contributed by atoms with Gasteiger partial charge < -0.3 is 0 Å². The van der Waals surface area contributed by atoms with Gasteiger partial charge >= 0.3 is 49.3 Å². The van der Waals surface area contributed by atoms with Gasteiger partial charge in [0.05, 0.1) is 0 Å². The van der Waals surface area contributed by atoms with E-state index in [0.29, 0.717) is 0 Å². The van der Waals surface area contributed by atoms with Gasteiger partial charge in [-0.2, -0.15) is 0 Å². The molecule has 0 unspecified atom stereocenters. The van der Waals surface area contributed by atoms with Crippen molar-refractivity contribution in [3.8, 4) is 0 Å². The first-order valence-electron chi connectivity index (χ1n) is 1.90. The fourth-order valence-corrected chi connectivity index (χ4v) is 0.724. The molecule has 0 aromatic heterocycles. The van der Waals surface area contributed by atoms with Gasteiger partial charge in [0.1, 0.15) is 0 Å². The van der Waals surface area contributed by atoms with Gasteiger partial charge in [0.25, 0.3) is 0 Å². The summed E-state index contributed by atoms with van der Waals surface area (Å²) in [6, 6.07) is 0. The van der Waals surface area contributed by atoms with Crippen LogP contribution in [0.4, 0.5) is 0 Å². The summed E-state index contributed by atoms with van der Waals surface area (Å²) in [6.07, 6.45) is 4.18. The van der Waals surface area contributed by atoms with Gasteiger partial charge in [-0.15, -0.1) is 0 Å². The Labute approximate surface area is 49.7 Å². The van der Waals surface area contributed by atoms with Crippen LogP contribution in [-0.2, 0) is 19.4 Å². The van der Waals surface area contributed by atoms with Gasteiger partial charge in [-0.3, -0.25) is 0 Å². The quantitative estimate of drug-likeness (QED) is 0.659. The maximum atomic E-state index is 2.12. The van der Waals surface area contributed by atoms with E-state index >= 15 is 0 Å². The van der Waals surface area contributed by atoms with E-state index in [2.05, 4.69) is 19.1 Å². The topological polar surface area (TPSA) is 0 Å². The van der Waals surface area contributed by atoms with Gasteiger partial charge in [-0.25, -0.2) is 0 Å². The third-order valence-electron chi connectivity index (χ3n) is 0.401. The fraction of sp³-hybridized carbons (Fsp3) is 0.400. The zero-order valence-corrected chi connectivity index (χ0v) is 7.00. The van der Waals surface area contributed by atoms with Crippen LogP contribution in [0.3, 0.4) is 0 Å². The van der Waals surface area contributed by atoms with Crippen LogP contribution in [0.25, 0.3) is 0 Å². The minimum absolute atomic E-state index is 1.44. The molecule has 0 nitrogen and oxygen atoms in total. The average molecular weight is 252 g/mol. The Kier molecular flexibility index (Phi) is 3.66. The van der Waals surface area contributed by atoms with Crippen LogP contribution >= 0.6 is 0 Å². The summed E-state index contributed by atoms with van der Waals surface area (Å²) in [5.74, 6) is 0. The average Bonchev–Trinajstić information content (AvgIpc) is 1.35. The Morgan fingerprint density at radius 3 is 2.17 bits per heavy atom. The standard InChI is InChI=1S/C5H8.W/c1-3-5-4-2;/h3,5H,1-2H3;. The molecule has 0 aromatic rings. The summed E-state index contributed by atoms with van der Waals surface area (Å²) in [7, 11) is 0. The molecule has 0 aliphatic carbocycles. The summed E-state index contributed by atoms with van der Waals surface area (Å²) < 4.78 is 1.44. The van der Waals surface area contributed by atoms with Crippen LogP contribution in [0.2, 0.25) is 0 Å². The molecule has 0 rings (SSSR count). The molecular weight excluding hydrogens is 244 g/mol. The Bertz CT molecular complexity index is 72.0. The molecule has 0 spiro atoms. The zero-order chi connectivity index (χ0) is 4.99. The van der Waals surface area contributed by atoms with Gasteiger partial charge in [-0.05, 0) is 0 Å². The summed E-state index contributed by atoms with van der Waals surface area (Å²) in [6.45, 7) is 4.15. The number of allylic oxidation sites excluding steroid dienone is 2. The van der Waals surface area contributed by atoms with Crippen LogP contribution in [0.5, 0.6) is 0 Å². The van der Waals surface area contributed by atoms with E-state index in [1.807, 2.05) is 6.92 Å².